The van der Waals surface area contributed by atoms with E-state index in [0.29, 0.717) is 18.5 Å². The average Bonchev–Trinajstić information content (AvgIpc) is 2.45. The highest BCUT2D eigenvalue weighted by atomic mass is 19.1. The van der Waals surface area contributed by atoms with Gasteiger partial charge in [0.1, 0.15) is 11.6 Å². The minimum Gasteiger partial charge on any atom is -0.375 e. The van der Waals surface area contributed by atoms with Crippen LogP contribution in [-0.2, 0) is 0 Å². The Morgan fingerprint density at radius 1 is 1.05 bits per heavy atom. The average molecular weight is 276 g/mol. The van der Waals surface area contributed by atoms with Gasteiger partial charge in [0.05, 0.1) is 0 Å². The minimum absolute atomic E-state index is 0.259. The van der Waals surface area contributed by atoms with Gasteiger partial charge in [0.15, 0.2) is 0 Å². The Kier molecular flexibility index (Phi) is 4.69. The highest BCUT2D eigenvalue weighted by molar-refractivity contribution is 5.45. The SMILES string of the molecule is CN(CCC(N)c1ccccc1F)c1ccc(F)cc1. The molecule has 106 valence electrons. The van der Waals surface area contributed by atoms with Crippen molar-refractivity contribution in [1.29, 1.82) is 0 Å². The van der Waals surface area contributed by atoms with Gasteiger partial charge in [-0.05, 0) is 36.8 Å². The fourth-order valence-electron chi connectivity index (χ4n) is 2.09. The Morgan fingerprint density at radius 2 is 1.70 bits per heavy atom. The summed E-state index contributed by atoms with van der Waals surface area (Å²) in [4.78, 5) is 1.97. The lowest BCUT2D eigenvalue weighted by atomic mass is 10.0. The Hall–Kier alpha value is -1.94. The highest BCUT2D eigenvalue weighted by Gasteiger charge is 2.11. The Labute approximate surface area is 117 Å². The van der Waals surface area contributed by atoms with Gasteiger partial charge in [-0.2, -0.15) is 0 Å². The van der Waals surface area contributed by atoms with Crippen LogP contribution in [0.25, 0.3) is 0 Å². The van der Waals surface area contributed by atoms with Crippen LogP contribution in [-0.4, -0.2) is 13.6 Å². The molecule has 2 N–H and O–H groups in total. The number of hydrogen-bond acceptors (Lipinski definition) is 2. The van der Waals surface area contributed by atoms with E-state index in [-0.39, 0.29) is 17.7 Å². The molecular formula is C16H18F2N2. The first-order valence-electron chi connectivity index (χ1n) is 6.54. The Bertz CT molecular complexity index is 555. The van der Waals surface area contributed by atoms with E-state index in [9.17, 15) is 8.78 Å². The van der Waals surface area contributed by atoms with Gasteiger partial charge in [-0.25, -0.2) is 8.78 Å². The van der Waals surface area contributed by atoms with Crippen molar-refractivity contribution in [3.8, 4) is 0 Å². The molecule has 0 saturated heterocycles. The normalized spacial score (nSPS) is 12.2. The van der Waals surface area contributed by atoms with Crippen LogP contribution in [0.15, 0.2) is 48.5 Å². The van der Waals surface area contributed by atoms with Crippen LogP contribution in [0, 0.1) is 11.6 Å². The molecule has 1 atom stereocenters. The summed E-state index contributed by atoms with van der Waals surface area (Å²) in [6, 6.07) is 12.5. The molecule has 2 aromatic rings. The molecule has 0 amide bonds. The maximum absolute atomic E-state index is 13.6. The molecule has 0 saturated carbocycles. The number of rotatable bonds is 5. The molecule has 0 radical (unpaired) electrons. The molecule has 2 nitrogen and oxygen atoms in total. The van der Waals surface area contributed by atoms with E-state index >= 15 is 0 Å². The van der Waals surface area contributed by atoms with E-state index in [1.165, 1.54) is 18.2 Å². The van der Waals surface area contributed by atoms with Crippen molar-refractivity contribution in [1.82, 2.24) is 0 Å². The Morgan fingerprint density at radius 3 is 2.35 bits per heavy atom. The van der Waals surface area contributed by atoms with Crippen LogP contribution >= 0.6 is 0 Å². The van der Waals surface area contributed by atoms with E-state index in [1.807, 2.05) is 11.9 Å². The van der Waals surface area contributed by atoms with Crippen LogP contribution in [0.2, 0.25) is 0 Å². The number of halogens is 2. The van der Waals surface area contributed by atoms with Crippen LogP contribution in [0.4, 0.5) is 14.5 Å². The van der Waals surface area contributed by atoms with E-state index in [0.717, 1.165) is 5.69 Å². The summed E-state index contributed by atoms with van der Waals surface area (Å²) in [5.74, 6) is -0.533. The quantitative estimate of drug-likeness (QED) is 0.905. The summed E-state index contributed by atoms with van der Waals surface area (Å²) in [6.07, 6.45) is 0.620. The monoisotopic (exact) mass is 276 g/mol. The zero-order valence-corrected chi connectivity index (χ0v) is 11.4. The summed E-state index contributed by atoms with van der Waals surface area (Å²) < 4.78 is 26.4. The first kappa shape index (κ1) is 14.5. The first-order chi connectivity index (χ1) is 9.58. The number of anilines is 1. The molecule has 0 aliphatic carbocycles. The molecule has 20 heavy (non-hydrogen) atoms. The van der Waals surface area contributed by atoms with Crippen LogP contribution in [0.3, 0.4) is 0 Å². The maximum atomic E-state index is 13.6. The lowest BCUT2D eigenvalue weighted by molar-refractivity contribution is 0.563. The summed E-state index contributed by atoms with van der Waals surface area (Å²) in [5, 5.41) is 0. The predicted octanol–water partition coefficient (Wildman–Crippen LogP) is 3.49. The molecule has 2 rings (SSSR count). The fourth-order valence-corrected chi connectivity index (χ4v) is 2.09. The van der Waals surface area contributed by atoms with Gasteiger partial charge < -0.3 is 10.6 Å². The van der Waals surface area contributed by atoms with Gasteiger partial charge in [0, 0.05) is 30.9 Å². The third-order valence-corrected chi connectivity index (χ3v) is 3.35. The van der Waals surface area contributed by atoms with Gasteiger partial charge in [0.25, 0.3) is 0 Å². The third-order valence-electron chi connectivity index (χ3n) is 3.35. The van der Waals surface area contributed by atoms with Gasteiger partial charge in [-0.3, -0.25) is 0 Å². The van der Waals surface area contributed by atoms with E-state index in [4.69, 9.17) is 5.73 Å². The summed E-state index contributed by atoms with van der Waals surface area (Å²) >= 11 is 0. The molecule has 0 aromatic heterocycles. The van der Waals surface area contributed by atoms with Crippen LogP contribution in [0.1, 0.15) is 18.0 Å². The Balaban J connectivity index is 1.95. The maximum Gasteiger partial charge on any atom is 0.127 e. The van der Waals surface area contributed by atoms with E-state index in [1.54, 1.807) is 30.3 Å². The molecule has 0 aliphatic rings. The van der Waals surface area contributed by atoms with Crippen molar-refractivity contribution in [2.45, 2.75) is 12.5 Å². The van der Waals surface area contributed by atoms with Crippen molar-refractivity contribution in [2.24, 2.45) is 5.73 Å². The van der Waals surface area contributed by atoms with Crippen molar-refractivity contribution < 1.29 is 8.78 Å². The zero-order chi connectivity index (χ0) is 14.5. The summed E-state index contributed by atoms with van der Waals surface area (Å²) in [5.41, 5.74) is 7.46. The highest BCUT2D eigenvalue weighted by Crippen LogP contribution is 2.19. The smallest absolute Gasteiger partial charge is 0.127 e. The van der Waals surface area contributed by atoms with Gasteiger partial charge >= 0.3 is 0 Å². The van der Waals surface area contributed by atoms with Crippen LogP contribution < -0.4 is 10.6 Å². The third kappa shape index (κ3) is 3.54. The standard InChI is InChI=1S/C16H18F2N2/c1-20(13-8-6-12(17)7-9-13)11-10-16(19)14-4-2-3-5-15(14)18/h2-9,16H,10-11,19H2,1H3. The fraction of sp³-hybridized carbons (Fsp3) is 0.250. The van der Waals surface area contributed by atoms with Crippen molar-refractivity contribution in [3.05, 3.63) is 65.7 Å². The lowest BCUT2D eigenvalue weighted by Gasteiger charge is -2.22. The first-order valence-corrected chi connectivity index (χ1v) is 6.54. The van der Waals surface area contributed by atoms with Crippen molar-refractivity contribution >= 4 is 5.69 Å². The number of hydrogen-bond donors (Lipinski definition) is 1. The van der Waals surface area contributed by atoms with Gasteiger partial charge in [-0.15, -0.1) is 0 Å². The summed E-state index contributed by atoms with van der Waals surface area (Å²) in [6.45, 7) is 0.668. The topological polar surface area (TPSA) is 29.3 Å². The molecule has 0 spiro atoms. The molecular weight excluding hydrogens is 258 g/mol. The lowest BCUT2D eigenvalue weighted by Crippen LogP contribution is -2.23. The molecule has 0 heterocycles. The van der Waals surface area contributed by atoms with Gasteiger partial charge in [-0.1, -0.05) is 18.2 Å². The largest absolute Gasteiger partial charge is 0.375 e. The second-order valence-electron chi connectivity index (χ2n) is 4.81. The molecule has 1 unspecified atom stereocenters. The van der Waals surface area contributed by atoms with Crippen molar-refractivity contribution in [2.75, 3.05) is 18.5 Å². The molecule has 0 aliphatic heterocycles. The van der Waals surface area contributed by atoms with E-state index in [2.05, 4.69) is 0 Å². The van der Waals surface area contributed by atoms with Crippen LogP contribution in [0.5, 0.6) is 0 Å². The number of nitrogens with two attached hydrogens (primary N) is 1. The number of benzene rings is 2. The predicted molar refractivity (Wildman–Crippen MR) is 77.6 cm³/mol. The molecule has 4 heteroatoms. The molecule has 0 bridgehead atoms. The second kappa shape index (κ2) is 6.48. The second-order valence-corrected chi connectivity index (χ2v) is 4.81. The number of nitrogens with zero attached hydrogens (tertiary/aromatic N) is 1. The molecule has 0 fully saturated rings. The minimum atomic E-state index is -0.348. The molecule has 2 aromatic carbocycles. The van der Waals surface area contributed by atoms with Crippen molar-refractivity contribution in [3.63, 3.8) is 0 Å². The van der Waals surface area contributed by atoms with Gasteiger partial charge in [0.2, 0.25) is 0 Å². The summed E-state index contributed by atoms with van der Waals surface area (Å²) in [7, 11) is 1.90. The zero-order valence-electron chi connectivity index (χ0n) is 11.4. The van der Waals surface area contributed by atoms with E-state index < -0.39 is 0 Å².